The Morgan fingerprint density at radius 2 is 1.68 bits per heavy atom. The third-order valence-corrected chi connectivity index (χ3v) is 7.50. The molecule has 0 bridgehead atoms. The number of benzene rings is 2. The molecule has 1 aliphatic carbocycles. The van der Waals surface area contributed by atoms with E-state index in [1.807, 2.05) is 30.3 Å². The van der Waals surface area contributed by atoms with Crippen LogP contribution in [0.25, 0.3) is 0 Å². The minimum absolute atomic E-state index is 0.0189. The van der Waals surface area contributed by atoms with E-state index >= 15 is 0 Å². The van der Waals surface area contributed by atoms with E-state index in [4.69, 9.17) is 0 Å². The van der Waals surface area contributed by atoms with Gasteiger partial charge >= 0.3 is 6.18 Å². The molecule has 218 valence electrons. The summed E-state index contributed by atoms with van der Waals surface area (Å²) in [7, 11) is 1.63. The maximum absolute atomic E-state index is 13.3. The van der Waals surface area contributed by atoms with Crippen LogP contribution in [-0.2, 0) is 18.3 Å². The van der Waals surface area contributed by atoms with Crippen molar-refractivity contribution in [1.82, 2.24) is 20.5 Å². The molecule has 1 aromatic heterocycles. The highest BCUT2D eigenvalue weighted by Crippen LogP contribution is 2.39. The Balaban J connectivity index is 1.34. The Morgan fingerprint density at radius 3 is 2.39 bits per heavy atom. The molecule has 0 spiro atoms. The number of carbonyl (C=O) groups is 2. The minimum atomic E-state index is -4.41. The van der Waals surface area contributed by atoms with Crippen molar-refractivity contribution >= 4 is 11.8 Å². The average molecular weight is 569 g/mol. The van der Waals surface area contributed by atoms with Crippen LogP contribution in [-0.4, -0.2) is 41.8 Å². The largest absolute Gasteiger partial charge is 0.416 e. The first kappa shape index (κ1) is 30.0. The molecule has 4 rings (SSSR count). The number of carbonyl (C=O) groups excluding carboxylic acids is 2. The number of aromatic amines is 1. The van der Waals surface area contributed by atoms with Crippen LogP contribution in [0.3, 0.4) is 0 Å². The lowest BCUT2D eigenvalue weighted by Gasteiger charge is -2.39. The Kier molecular flexibility index (Phi) is 9.65. The second kappa shape index (κ2) is 13.2. The van der Waals surface area contributed by atoms with Crippen molar-refractivity contribution in [2.24, 2.45) is 0 Å². The van der Waals surface area contributed by atoms with E-state index in [1.165, 1.54) is 29.2 Å². The summed E-state index contributed by atoms with van der Waals surface area (Å²) in [5.74, 6) is -0.904. The zero-order valence-electron chi connectivity index (χ0n) is 23.0. The van der Waals surface area contributed by atoms with Crippen molar-refractivity contribution in [1.29, 1.82) is 0 Å². The van der Waals surface area contributed by atoms with Gasteiger partial charge in [0.2, 0.25) is 5.56 Å². The Hall–Kier alpha value is -3.92. The van der Waals surface area contributed by atoms with Crippen molar-refractivity contribution in [2.45, 2.75) is 56.8 Å². The zero-order chi connectivity index (χ0) is 29.5. The van der Waals surface area contributed by atoms with E-state index in [2.05, 4.69) is 15.6 Å². The third-order valence-electron chi connectivity index (χ3n) is 7.50. The topological polar surface area (TPSA) is 94.3 Å². The van der Waals surface area contributed by atoms with Gasteiger partial charge in [0, 0.05) is 37.3 Å². The number of alkyl halides is 3. The van der Waals surface area contributed by atoms with Gasteiger partial charge in [0.15, 0.2) is 0 Å². The van der Waals surface area contributed by atoms with Gasteiger partial charge in [0.25, 0.3) is 11.8 Å². The van der Waals surface area contributed by atoms with Crippen molar-refractivity contribution < 1.29 is 22.8 Å². The van der Waals surface area contributed by atoms with E-state index < -0.39 is 28.7 Å². The van der Waals surface area contributed by atoms with Gasteiger partial charge in [-0.15, -0.1) is 0 Å². The summed E-state index contributed by atoms with van der Waals surface area (Å²) in [6, 6.07) is 17.5. The lowest BCUT2D eigenvalue weighted by atomic mass is 9.76. The Labute approximate surface area is 237 Å². The summed E-state index contributed by atoms with van der Waals surface area (Å²) in [5.41, 5.74) is -0.106. The van der Waals surface area contributed by atoms with Crippen LogP contribution in [0.4, 0.5) is 13.2 Å². The summed E-state index contributed by atoms with van der Waals surface area (Å²) >= 11 is 0. The number of halogens is 3. The lowest BCUT2D eigenvalue weighted by Crippen LogP contribution is -2.45. The summed E-state index contributed by atoms with van der Waals surface area (Å²) in [6.07, 6.45) is 0.473. The van der Waals surface area contributed by atoms with E-state index in [9.17, 15) is 27.6 Å². The lowest BCUT2D eigenvalue weighted by molar-refractivity contribution is -0.137. The smallest absolute Gasteiger partial charge is 0.351 e. The predicted octanol–water partition coefficient (Wildman–Crippen LogP) is 5.24. The molecule has 2 aromatic carbocycles. The van der Waals surface area contributed by atoms with E-state index in [-0.39, 0.29) is 23.7 Å². The number of hydrogen-bond donors (Lipinski definition) is 3. The molecule has 2 amide bonds. The maximum atomic E-state index is 13.3. The van der Waals surface area contributed by atoms with Crippen molar-refractivity contribution in [2.75, 3.05) is 20.1 Å². The minimum Gasteiger partial charge on any atom is -0.351 e. The quantitative estimate of drug-likeness (QED) is 0.292. The van der Waals surface area contributed by atoms with Crippen LogP contribution in [0.15, 0.2) is 71.5 Å². The molecule has 3 aromatic rings. The normalized spacial score (nSPS) is 14.8. The molecule has 1 aliphatic rings. The fourth-order valence-electron chi connectivity index (χ4n) is 5.37. The molecule has 0 saturated heterocycles. The highest BCUT2D eigenvalue weighted by molar-refractivity contribution is 5.98. The monoisotopic (exact) mass is 568 g/mol. The van der Waals surface area contributed by atoms with Gasteiger partial charge in [-0.25, -0.2) is 0 Å². The van der Waals surface area contributed by atoms with Gasteiger partial charge in [-0.2, -0.15) is 13.2 Å². The summed E-state index contributed by atoms with van der Waals surface area (Å²) in [4.78, 5) is 41.9. The first-order valence-corrected chi connectivity index (χ1v) is 13.8. The van der Waals surface area contributed by atoms with Crippen LogP contribution in [0, 0.1) is 0 Å². The summed E-state index contributed by atoms with van der Waals surface area (Å²) in [6.45, 7) is 1.11. The van der Waals surface area contributed by atoms with E-state index in [0.29, 0.717) is 25.1 Å². The zero-order valence-corrected chi connectivity index (χ0v) is 23.0. The van der Waals surface area contributed by atoms with E-state index in [0.717, 1.165) is 43.7 Å². The average Bonchev–Trinajstić information content (AvgIpc) is 2.96. The predicted molar refractivity (Wildman–Crippen MR) is 150 cm³/mol. The van der Waals surface area contributed by atoms with Gasteiger partial charge in [-0.05, 0) is 55.1 Å². The third kappa shape index (κ3) is 7.85. The number of pyridine rings is 1. The van der Waals surface area contributed by atoms with Crippen LogP contribution in [0.1, 0.15) is 76.1 Å². The number of nitrogens with zero attached hydrogens (tertiary/aromatic N) is 1. The molecule has 10 heteroatoms. The Bertz CT molecular complexity index is 1400. The van der Waals surface area contributed by atoms with Crippen LogP contribution < -0.4 is 16.2 Å². The molecule has 0 atom stereocenters. The van der Waals surface area contributed by atoms with Gasteiger partial charge in [0.05, 0.1) is 5.56 Å². The maximum Gasteiger partial charge on any atom is 0.416 e. The van der Waals surface area contributed by atoms with Crippen LogP contribution in [0.5, 0.6) is 0 Å². The number of H-pyrrole nitrogens is 1. The van der Waals surface area contributed by atoms with Gasteiger partial charge in [-0.3, -0.25) is 14.4 Å². The number of rotatable bonds is 10. The highest BCUT2D eigenvalue weighted by Gasteiger charge is 2.36. The van der Waals surface area contributed by atoms with Gasteiger partial charge in [0.1, 0.15) is 5.69 Å². The molecule has 1 saturated carbocycles. The number of nitrogens with one attached hydrogen (secondary N) is 3. The van der Waals surface area contributed by atoms with Gasteiger partial charge in [-0.1, -0.05) is 61.7 Å². The molecular weight excluding hydrogens is 533 g/mol. The SMILES string of the molecule is CN(Cc1ccccc1)C(=O)c1cc(C(=O)NCCCNC2(c3cccc(C(F)(F)F)c3)CCCCC2)[nH]c(=O)c1. The first-order valence-electron chi connectivity index (χ1n) is 13.8. The summed E-state index contributed by atoms with van der Waals surface area (Å²) in [5, 5.41) is 6.24. The first-order chi connectivity index (χ1) is 19.6. The number of hydrogen-bond acceptors (Lipinski definition) is 4. The molecule has 0 aliphatic heterocycles. The fraction of sp³-hybridized carbons (Fsp3) is 0.387. The molecule has 1 heterocycles. The van der Waals surface area contributed by atoms with Crippen LogP contribution in [0.2, 0.25) is 0 Å². The number of aromatic nitrogens is 1. The Morgan fingerprint density at radius 1 is 0.951 bits per heavy atom. The van der Waals surface area contributed by atoms with Crippen molar-refractivity contribution in [3.63, 3.8) is 0 Å². The fourth-order valence-corrected chi connectivity index (χ4v) is 5.37. The van der Waals surface area contributed by atoms with Crippen LogP contribution >= 0.6 is 0 Å². The summed E-state index contributed by atoms with van der Waals surface area (Å²) < 4.78 is 40.0. The van der Waals surface area contributed by atoms with Crippen molar-refractivity contribution in [3.05, 3.63) is 105 Å². The number of amides is 2. The van der Waals surface area contributed by atoms with E-state index in [1.54, 1.807) is 13.1 Å². The molecule has 0 unspecified atom stereocenters. The molecule has 41 heavy (non-hydrogen) atoms. The standard InChI is InChI=1S/C31H35F3N4O3/c1-38(21-22-10-4-2-5-11-22)29(41)23-18-26(37-27(39)19-23)28(40)35-16-9-17-36-30(14-6-3-7-15-30)24-12-8-13-25(20-24)31(32,33)34/h2,4-5,8,10-13,18-20,36H,3,6-7,9,14-17,21H2,1H3,(H,35,40)(H,37,39). The second-order valence-electron chi connectivity index (χ2n) is 10.6. The molecule has 1 fully saturated rings. The van der Waals surface area contributed by atoms with Gasteiger partial charge < -0.3 is 20.5 Å². The molecule has 7 nitrogen and oxygen atoms in total. The second-order valence-corrected chi connectivity index (χ2v) is 10.6. The molecule has 3 N–H and O–H groups in total. The highest BCUT2D eigenvalue weighted by atomic mass is 19.4. The molecular formula is C31H35F3N4O3. The van der Waals surface area contributed by atoms with Crippen molar-refractivity contribution in [3.8, 4) is 0 Å². The molecule has 0 radical (unpaired) electrons.